The normalized spacial score (nSPS) is 17.4. The van der Waals surface area contributed by atoms with E-state index in [9.17, 15) is 4.79 Å². The number of amides is 1. The van der Waals surface area contributed by atoms with Crippen LogP contribution in [0.4, 0.5) is 5.69 Å². The van der Waals surface area contributed by atoms with E-state index in [1.807, 2.05) is 25.1 Å². The van der Waals surface area contributed by atoms with Gasteiger partial charge in [-0.3, -0.25) is 4.79 Å². The van der Waals surface area contributed by atoms with Crippen LogP contribution >= 0.6 is 0 Å². The molecule has 1 aliphatic carbocycles. The van der Waals surface area contributed by atoms with Gasteiger partial charge in [-0.05, 0) is 49.9 Å². The van der Waals surface area contributed by atoms with Crippen molar-refractivity contribution in [3.63, 3.8) is 0 Å². The zero-order valence-electron chi connectivity index (χ0n) is 10.5. The van der Waals surface area contributed by atoms with Gasteiger partial charge in [-0.15, -0.1) is 0 Å². The van der Waals surface area contributed by atoms with Crippen LogP contribution in [-0.2, 0) is 4.79 Å². The van der Waals surface area contributed by atoms with Crippen LogP contribution in [-0.4, -0.2) is 12.5 Å². The summed E-state index contributed by atoms with van der Waals surface area (Å²) in [5.41, 5.74) is 8.71. The summed E-state index contributed by atoms with van der Waals surface area (Å²) in [5.74, 6) is 0.0782. The Labute approximate surface area is 102 Å². The Bertz CT molecular complexity index is 430. The molecule has 0 aliphatic heterocycles. The van der Waals surface area contributed by atoms with E-state index in [0.717, 1.165) is 24.9 Å². The summed E-state index contributed by atoms with van der Waals surface area (Å²) < 4.78 is 0. The second kappa shape index (κ2) is 4.49. The summed E-state index contributed by atoms with van der Waals surface area (Å²) in [6.07, 6.45) is 2.94. The van der Waals surface area contributed by atoms with E-state index in [0.29, 0.717) is 6.54 Å². The molecule has 1 saturated carbocycles. The van der Waals surface area contributed by atoms with E-state index in [-0.39, 0.29) is 11.3 Å². The lowest BCUT2D eigenvalue weighted by Crippen LogP contribution is -2.47. The van der Waals surface area contributed by atoms with Crippen molar-refractivity contribution in [1.82, 2.24) is 0 Å². The Morgan fingerprint density at radius 3 is 2.53 bits per heavy atom. The van der Waals surface area contributed by atoms with Gasteiger partial charge in [0.15, 0.2) is 0 Å². The van der Waals surface area contributed by atoms with Gasteiger partial charge >= 0.3 is 0 Å². The average Bonchev–Trinajstić information content (AvgIpc) is 2.23. The Balaban J connectivity index is 2.10. The Kier molecular flexibility index (Phi) is 3.20. The summed E-state index contributed by atoms with van der Waals surface area (Å²) in [4.78, 5) is 12.2. The summed E-state index contributed by atoms with van der Waals surface area (Å²) in [7, 11) is 0. The van der Waals surface area contributed by atoms with Crippen LogP contribution in [0.15, 0.2) is 18.2 Å². The average molecular weight is 232 g/mol. The predicted octanol–water partition coefficient (Wildman–Crippen LogP) is 2.37. The molecule has 92 valence electrons. The fourth-order valence-corrected chi connectivity index (χ4v) is 2.21. The van der Waals surface area contributed by atoms with Gasteiger partial charge in [0.1, 0.15) is 0 Å². The Morgan fingerprint density at radius 2 is 2.06 bits per heavy atom. The number of nitrogens with two attached hydrogens (primary N) is 1. The van der Waals surface area contributed by atoms with Crippen molar-refractivity contribution in [3.8, 4) is 0 Å². The Morgan fingerprint density at radius 1 is 1.35 bits per heavy atom. The van der Waals surface area contributed by atoms with E-state index in [1.165, 1.54) is 11.1 Å². The molecule has 17 heavy (non-hydrogen) atoms. The van der Waals surface area contributed by atoms with Crippen LogP contribution in [0.25, 0.3) is 0 Å². The number of hydrogen-bond acceptors (Lipinski definition) is 2. The van der Waals surface area contributed by atoms with Crippen LogP contribution in [0.2, 0.25) is 0 Å². The summed E-state index contributed by atoms with van der Waals surface area (Å²) in [6, 6.07) is 5.99. The molecule has 3 nitrogen and oxygen atoms in total. The number of carbonyl (C=O) groups excluding carboxylic acids is 1. The number of nitrogens with one attached hydrogen (secondary N) is 1. The number of anilines is 1. The molecule has 0 saturated heterocycles. The molecular weight excluding hydrogens is 212 g/mol. The number of hydrogen-bond donors (Lipinski definition) is 2. The van der Waals surface area contributed by atoms with Crippen LogP contribution in [0.1, 0.15) is 30.4 Å². The minimum absolute atomic E-state index is 0.0782. The molecule has 0 radical (unpaired) electrons. The second-order valence-electron chi connectivity index (χ2n) is 5.09. The number of rotatable bonds is 3. The molecule has 2 rings (SSSR count). The van der Waals surface area contributed by atoms with Crippen molar-refractivity contribution in [2.75, 3.05) is 11.9 Å². The second-order valence-corrected chi connectivity index (χ2v) is 5.09. The quantitative estimate of drug-likeness (QED) is 0.840. The van der Waals surface area contributed by atoms with Crippen molar-refractivity contribution in [2.24, 2.45) is 11.1 Å². The van der Waals surface area contributed by atoms with Crippen LogP contribution in [0, 0.1) is 19.3 Å². The van der Waals surface area contributed by atoms with Gasteiger partial charge in [-0.25, -0.2) is 0 Å². The third-order valence-corrected chi connectivity index (χ3v) is 3.95. The minimum atomic E-state index is -0.307. The molecule has 3 N–H and O–H groups in total. The van der Waals surface area contributed by atoms with Crippen molar-refractivity contribution < 1.29 is 4.79 Å². The molecule has 1 aromatic rings. The van der Waals surface area contributed by atoms with Crippen LogP contribution in [0.3, 0.4) is 0 Å². The van der Waals surface area contributed by atoms with Crippen LogP contribution in [0.5, 0.6) is 0 Å². The fraction of sp³-hybridized carbons (Fsp3) is 0.500. The SMILES string of the molecule is Cc1ccc(NC(=O)C2(CN)CCC2)cc1C. The summed E-state index contributed by atoms with van der Waals surface area (Å²) >= 11 is 0. The first-order valence-electron chi connectivity index (χ1n) is 6.16. The molecule has 0 heterocycles. The highest BCUT2D eigenvalue weighted by Crippen LogP contribution is 2.40. The lowest BCUT2D eigenvalue weighted by atomic mass is 9.68. The van der Waals surface area contributed by atoms with Crippen molar-refractivity contribution in [2.45, 2.75) is 33.1 Å². The molecule has 1 fully saturated rings. The van der Waals surface area contributed by atoms with Crippen LogP contribution < -0.4 is 11.1 Å². The van der Waals surface area contributed by atoms with Gasteiger partial charge in [0.25, 0.3) is 0 Å². The van der Waals surface area contributed by atoms with E-state index >= 15 is 0 Å². The lowest BCUT2D eigenvalue weighted by Gasteiger charge is -2.39. The standard InChI is InChI=1S/C14H20N2O/c1-10-4-5-12(8-11(10)2)16-13(17)14(9-15)6-3-7-14/h4-5,8H,3,6-7,9,15H2,1-2H3,(H,16,17). The zero-order valence-corrected chi connectivity index (χ0v) is 10.5. The number of carbonyl (C=O) groups is 1. The maximum Gasteiger partial charge on any atom is 0.231 e. The molecule has 1 amide bonds. The molecule has 0 aromatic heterocycles. The highest BCUT2D eigenvalue weighted by molar-refractivity contribution is 5.96. The molecule has 3 heteroatoms. The highest BCUT2D eigenvalue weighted by atomic mass is 16.2. The first-order chi connectivity index (χ1) is 8.07. The lowest BCUT2D eigenvalue weighted by molar-refractivity contribution is -0.129. The first kappa shape index (κ1) is 12.1. The van der Waals surface area contributed by atoms with Crippen molar-refractivity contribution >= 4 is 11.6 Å². The molecule has 0 atom stereocenters. The van der Waals surface area contributed by atoms with Gasteiger partial charge in [0, 0.05) is 12.2 Å². The van der Waals surface area contributed by atoms with E-state index < -0.39 is 0 Å². The zero-order chi connectivity index (χ0) is 12.5. The highest BCUT2D eigenvalue weighted by Gasteiger charge is 2.42. The molecule has 1 aromatic carbocycles. The van der Waals surface area contributed by atoms with Crippen molar-refractivity contribution in [3.05, 3.63) is 29.3 Å². The monoisotopic (exact) mass is 232 g/mol. The third-order valence-electron chi connectivity index (χ3n) is 3.95. The topological polar surface area (TPSA) is 55.1 Å². The fourth-order valence-electron chi connectivity index (χ4n) is 2.21. The third kappa shape index (κ3) is 2.20. The number of aryl methyl sites for hydroxylation is 2. The van der Waals surface area contributed by atoms with E-state index in [2.05, 4.69) is 12.2 Å². The molecule has 0 unspecified atom stereocenters. The van der Waals surface area contributed by atoms with Gasteiger partial charge < -0.3 is 11.1 Å². The minimum Gasteiger partial charge on any atom is -0.329 e. The summed E-state index contributed by atoms with van der Waals surface area (Å²) in [6.45, 7) is 4.56. The largest absolute Gasteiger partial charge is 0.329 e. The first-order valence-corrected chi connectivity index (χ1v) is 6.16. The summed E-state index contributed by atoms with van der Waals surface area (Å²) in [5, 5.41) is 2.98. The molecule has 0 spiro atoms. The van der Waals surface area contributed by atoms with E-state index in [1.54, 1.807) is 0 Å². The number of benzene rings is 1. The van der Waals surface area contributed by atoms with Gasteiger partial charge in [0.05, 0.1) is 5.41 Å². The predicted molar refractivity (Wildman–Crippen MR) is 69.9 cm³/mol. The molecule has 0 bridgehead atoms. The maximum absolute atomic E-state index is 12.2. The molecular formula is C14H20N2O. The molecule has 1 aliphatic rings. The van der Waals surface area contributed by atoms with Gasteiger partial charge in [0.2, 0.25) is 5.91 Å². The van der Waals surface area contributed by atoms with Crippen molar-refractivity contribution in [1.29, 1.82) is 0 Å². The maximum atomic E-state index is 12.2. The van der Waals surface area contributed by atoms with E-state index in [4.69, 9.17) is 5.73 Å². The van der Waals surface area contributed by atoms with Gasteiger partial charge in [-0.2, -0.15) is 0 Å². The smallest absolute Gasteiger partial charge is 0.231 e. The Hall–Kier alpha value is -1.35. The van der Waals surface area contributed by atoms with Gasteiger partial charge in [-0.1, -0.05) is 12.5 Å².